The van der Waals surface area contributed by atoms with Crippen LogP contribution in [0.3, 0.4) is 0 Å². The van der Waals surface area contributed by atoms with Crippen molar-refractivity contribution in [2.45, 2.75) is 18.4 Å². The first-order valence-electron chi connectivity index (χ1n) is 5.60. The molecule has 4 heteroatoms. The highest BCUT2D eigenvalue weighted by molar-refractivity contribution is 7.99. The zero-order valence-corrected chi connectivity index (χ0v) is 10.6. The molecule has 17 heavy (non-hydrogen) atoms. The summed E-state index contributed by atoms with van der Waals surface area (Å²) >= 11 is 1.84. The van der Waals surface area contributed by atoms with Crippen molar-refractivity contribution >= 4 is 17.4 Å². The first-order chi connectivity index (χ1) is 8.40. The summed E-state index contributed by atoms with van der Waals surface area (Å²) in [6.45, 7) is 2.86. The molecule has 0 radical (unpaired) electrons. The summed E-state index contributed by atoms with van der Waals surface area (Å²) < 4.78 is 0. The maximum Gasteiger partial charge on any atom is 0.0777 e. The SMILES string of the molecule is CCSc1ccccc1NCc1cnccn1. The van der Waals surface area contributed by atoms with Crippen molar-refractivity contribution in [3.63, 3.8) is 0 Å². The molecule has 0 aliphatic carbocycles. The van der Waals surface area contributed by atoms with Crippen LogP contribution < -0.4 is 5.32 Å². The van der Waals surface area contributed by atoms with E-state index in [2.05, 4.69) is 40.4 Å². The summed E-state index contributed by atoms with van der Waals surface area (Å²) in [4.78, 5) is 9.56. The molecule has 0 saturated carbocycles. The number of rotatable bonds is 5. The third-order valence-electron chi connectivity index (χ3n) is 2.26. The van der Waals surface area contributed by atoms with E-state index in [1.807, 2.05) is 17.8 Å². The minimum atomic E-state index is 0.703. The van der Waals surface area contributed by atoms with Crippen LogP contribution in [0.15, 0.2) is 47.8 Å². The predicted molar refractivity (Wildman–Crippen MR) is 72.2 cm³/mol. The zero-order chi connectivity index (χ0) is 11.9. The smallest absolute Gasteiger partial charge is 0.0777 e. The van der Waals surface area contributed by atoms with Crippen molar-refractivity contribution in [1.29, 1.82) is 0 Å². The van der Waals surface area contributed by atoms with Crippen LogP contribution in [-0.2, 0) is 6.54 Å². The molecule has 0 unspecified atom stereocenters. The number of anilines is 1. The third kappa shape index (κ3) is 3.46. The maximum absolute atomic E-state index is 4.24. The lowest BCUT2D eigenvalue weighted by Crippen LogP contribution is -2.02. The molecule has 1 aromatic heterocycles. The van der Waals surface area contributed by atoms with Gasteiger partial charge in [0.25, 0.3) is 0 Å². The molecule has 1 heterocycles. The Morgan fingerprint density at radius 1 is 1.24 bits per heavy atom. The summed E-state index contributed by atoms with van der Waals surface area (Å²) in [7, 11) is 0. The van der Waals surface area contributed by atoms with Gasteiger partial charge in [-0.25, -0.2) is 0 Å². The van der Waals surface area contributed by atoms with Gasteiger partial charge in [0, 0.05) is 23.0 Å². The fourth-order valence-corrected chi connectivity index (χ4v) is 2.28. The van der Waals surface area contributed by atoms with Crippen LogP contribution in [0.4, 0.5) is 5.69 Å². The van der Waals surface area contributed by atoms with Crippen LogP contribution in [0.1, 0.15) is 12.6 Å². The van der Waals surface area contributed by atoms with Crippen molar-refractivity contribution in [3.05, 3.63) is 48.5 Å². The Morgan fingerprint density at radius 2 is 2.12 bits per heavy atom. The first-order valence-corrected chi connectivity index (χ1v) is 6.59. The summed E-state index contributed by atoms with van der Waals surface area (Å²) in [6.07, 6.45) is 5.18. The lowest BCUT2D eigenvalue weighted by molar-refractivity contribution is 1.00. The average Bonchev–Trinajstić information content (AvgIpc) is 2.39. The molecule has 2 rings (SSSR count). The molecule has 0 spiro atoms. The summed E-state index contributed by atoms with van der Waals surface area (Å²) in [5, 5.41) is 3.39. The van der Waals surface area contributed by atoms with Crippen LogP contribution in [0.2, 0.25) is 0 Å². The van der Waals surface area contributed by atoms with E-state index in [0.717, 1.165) is 17.1 Å². The highest BCUT2D eigenvalue weighted by Crippen LogP contribution is 2.26. The minimum Gasteiger partial charge on any atom is -0.378 e. The molecule has 88 valence electrons. The number of nitrogens with zero attached hydrogens (tertiary/aromatic N) is 2. The molecular weight excluding hydrogens is 230 g/mol. The average molecular weight is 245 g/mol. The van der Waals surface area contributed by atoms with E-state index in [4.69, 9.17) is 0 Å². The van der Waals surface area contributed by atoms with Gasteiger partial charge in [0.15, 0.2) is 0 Å². The van der Waals surface area contributed by atoms with Crippen molar-refractivity contribution < 1.29 is 0 Å². The molecule has 0 saturated heterocycles. The van der Waals surface area contributed by atoms with Gasteiger partial charge in [0.05, 0.1) is 18.4 Å². The van der Waals surface area contributed by atoms with E-state index in [9.17, 15) is 0 Å². The normalized spacial score (nSPS) is 10.2. The molecular formula is C13H15N3S. The topological polar surface area (TPSA) is 37.8 Å². The Morgan fingerprint density at radius 3 is 2.88 bits per heavy atom. The number of para-hydroxylation sites is 1. The van der Waals surface area contributed by atoms with Crippen molar-refractivity contribution in [1.82, 2.24) is 9.97 Å². The number of hydrogen-bond acceptors (Lipinski definition) is 4. The van der Waals surface area contributed by atoms with Crippen LogP contribution >= 0.6 is 11.8 Å². The van der Waals surface area contributed by atoms with E-state index in [1.54, 1.807) is 18.6 Å². The minimum absolute atomic E-state index is 0.703. The predicted octanol–water partition coefficient (Wildman–Crippen LogP) is 3.20. The second-order valence-corrected chi connectivity index (χ2v) is 4.79. The van der Waals surface area contributed by atoms with Gasteiger partial charge in [-0.05, 0) is 17.9 Å². The van der Waals surface area contributed by atoms with Crippen molar-refractivity contribution in [2.75, 3.05) is 11.1 Å². The van der Waals surface area contributed by atoms with E-state index in [0.29, 0.717) is 6.54 Å². The Hall–Kier alpha value is -1.55. The Bertz CT molecular complexity index is 459. The lowest BCUT2D eigenvalue weighted by Gasteiger charge is -2.10. The number of nitrogens with one attached hydrogen (secondary N) is 1. The maximum atomic E-state index is 4.24. The molecule has 1 N–H and O–H groups in total. The van der Waals surface area contributed by atoms with Gasteiger partial charge in [-0.3, -0.25) is 9.97 Å². The van der Waals surface area contributed by atoms with Crippen LogP contribution in [0.25, 0.3) is 0 Å². The van der Waals surface area contributed by atoms with Crippen molar-refractivity contribution in [2.24, 2.45) is 0 Å². The second-order valence-electron chi connectivity index (χ2n) is 3.48. The van der Waals surface area contributed by atoms with Crippen LogP contribution in [-0.4, -0.2) is 15.7 Å². The Labute approximate surface area is 106 Å². The summed E-state index contributed by atoms with van der Waals surface area (Å²) in [5.41, 5.74) is 2.11. The molecule has 3 nitrogen and oxygen atoms in total. The van der Waals surface area contributed by atoms with E-state index >= 15 is 0 Å². The highest BCUT2D eigenvalue weighted by Gasteiger charge is 2.01. The van der Waals surface area contributed by atoms with Gasteiger partial charge in [-0.1, -0.05) is 19.1 Å². The highest BCUT2D eigenvalue weighted by atomic mass is 32.2. The van der Waals surface area contributed by atoms with Gasteiger partial charge in [0.2, 0.25) is 0 Å². The lowest BCUT2D eigenvalue weighted by atomic mass is 10.3. The monoisotopic (exact) mass is 245 g/mol. The quantitative estimate of drug-likeness (QED) is 0.821. The molecule has 0 fully saturated rings. The summed E-state index contributed by atoms with van der Waals surface area (Å²) in [6, 6.07) is 8.33. The van der Waals surface area contributed by atoms with E-state index < -0.39 is 0 Å². The van der Waals surface area contributed by atoms with Crippen LogP contribution in [0.5, 0.6) is 0 Å². The van der Waals surface area contributed by atoms with Gasteiger partial charge in [0.1, 0.15) is 0 Å². The molecule has 0 aliphatic heterocycles. The fraction of sp³-hybridized carbons (Fsp3) is 0.231. The van der Waals surface area contributed by atoms with E-state index in [-0.39, 0.29) is 0 Å². The zero-order valence-electron chi connectivity index (χ0n) is 9.76. The molecule has 0 aliphatic rings. The largest absolute Gasteiger partial charge is 0.378 e. The number of thioether (sulfide) groups is 1. The second kappa shape index (κ2) is 6.25. The van der Waals surface area contributed by atoms with Crippen molar-refractivity contribution in [3.8, 4) is 0 Å². The third-order valence-corrected chi connectivity index (χ3v) is 3.22. The fourth-order valence-electron chi connectivity index (χ4n) is 1.50. The number of hydrogen-bond donors (Lipinski definition) is 1. The molecule has 2 aromatic rings. The van der Waals surface area contributed by atoms with Gasteiger partial charge >= 0.3 is 0 Å². The summed E-state index contributed by atoms with van der Waals surface area (Å²) in [5.74, 6) is 1.07. The molecule has 0 bridgehead atoms. The van der Waals surface area contributed by atoms with Gasteiger partial charge in [-0.15, -0.1) is 11.8 Å². The Balaban J connectivity index is 2.03. The Kier molecular flexibility index (Phi) is 4.38. The number of aromatic nitrogens is 2. The van der Waals surface area contributed by atoms with Gasteiger partial charge < -0.3 is 5.32 Å². The molecule has 0 amide bonds. The number of benzene rings is 1. The first kappa shape index (κ1) is 11.9. The van der Waals surface area contributed by atoms with Crippen LogP contribution in [0, 0.1) is 0 Å². The molecule has 0 atom stereocenters. The standard InChI is InChI=1S/C13H15N3S/c1-2-17-13-6-4-3-5-12(13)16-10-11-9-14-7-8-15-11/h3-9,16H,2,10H2,1H3. The van der Waals surface area contributed by atoms with Gasteiger partial charge in [-0.2, -0.15) is 0 Å². The van der Waals surface area contributed by atoms with E-state index in [1.165, 1.54) is 4.90 Å². The molecule has 1 aromatic carbocycles.